The van der Waals surface area contributed by atoms with E-state index in [9.17, 15) is 17.2 Å². The summed E-state index contributed by atoms with van der Waals surface area (Å²) in [5.74, 6) is 0.269. The molecule has 0 amide bonds. The molecule has 1 heterocycles. The highest BCUT2D eigenvalue weighted by Gasteiger charge is 2.29. The number of hydrogen-bond donors (Lipinski definition) is 1. The maximum atomic E-state index is 12.7. The normalized spacial score (nSPS) is 16.7. The summed E-state index contributed by atoms with van der Waals surface area (Å²) in [5.41, 5.74) is 0. The lowest BCUT2D eigenvalue weighted by atomic mass is 9.95. The summed E-state index contributed by atoms with van der Waals surface area (Å²) in [6, 6.07) is 3.55. The molecule has 2 rings (SSSR count). The van der Waals surface area contributed by atoms with Crippen LogP contribution in [0.1, 0.15) is 19.3 Å². The highest BCUT2D eigenvalue weighted by molar-refractivity contribution is 7.89. The summed E-state index contributed by atoms with van der Waals surface area (Å²) in [4.78, 5) is -0.0113. The number of rotatable bonds is 7. The maximum absolute atomic E-state index is 12.7. The predicted molar refractivity (Wildman–Crippen MR) is 95.4 cm³/mol. The van der Waals surface area contributed by atoms with Gasteiger partial charge in [0.15, 0.2) is 0 Å². The summed E-state index contributed by atoms with van der Waals surface area (Å²) in [6.07, 6.45) is 2.64. The molecule has 10 heteroatoms. The molecule has 1 fully saturated rings. The van der Waals surface area contributed by atoms with Crippen LogP contribution in [0.5, 0.6) is 5.75 Å². The van der Waals surface area contributed by atoms with Crippen molar-refractivity contribution >= 4 is 34.0 Å². The van der Waals surface area contributed by atoms with Crippen LogP contribution >= 0.6 is 24.0 Å². The fourth-order valence-corrected chi connectivity index (χ4v) is 4.56. The molecule has 5 nitrogen and oxygen atoms in total. The molecule has 144 valence electrons. The van der Waals surface area contributed by atoms with Crippen LogP contribution in [0.2, 0.25) is 5.02 Å². The Morgan fingerprint density at radius 3 is 2.52 bits per heavy atom. The molecule has 1 N–H and O–H groups in total. The van der Waals surface area contributed by atoms with Crippen LogP contribution in [-0.4, -0.2) is 46.0 Å². The summed E-state index contributed by atoms with van der Waals surface area (Å²) in [7, 11) is -1.79. The Labute approximate surface area is 158 Å². The Kier molecular flexibility index (Phi) is 8.83. The van der Waals surface area contributed by atoms with Crippen molar-refractivity contribution in [3.8, 4) is 5.75 Å². The van der Waals surface area contributed by atoms with Gasteiger partial charge in [0.25, 0.3) is 0 Å². The second-order valence-electron chi connectivity index (χ2n) is 5.71. The lowest BCUT2D eigenvalue weighted by molar-refractivity contribution is -0.0498. The van der Waals surface area contributed by atoms with Crippen molar-refractivity contribution in [3.63, 3.8) is 0 Å². The Bertz CT molecular complexity index is 654. The summed E-state index contributed by atoms with van der Waals surface area (Å²) < 4.78 is 55.4. The van der Waals surface area contributed by atoms with E-state index in [1.165, 1.54) is 10.4 Å². The number of hydrogen-bond acceptors (Lipinski definition) is 4. The van der Waals surface area contributed by atoms with Gasteiger partial charge in [0.05, 0.1) is 9.92 Å². The molecule has 25 heavy (non-hydrogen) atoms. The minimum absolute atomic E-state index is 0. The largest absolute Gasteiger partial charge is 0.433 e. The Morgan fingerprint density at radius 2 is 2.00 bits per heavy atom. The number of nitrogens with zero attached hydrogens (tertiary/aromatic N) is 1. The molecule has 0 unspecified atom stereocenters. The Morgan fingerprint density at radius 1 is 1.36 bits per heavy atom. The third-order valence-corrected chi connectivity index (χ3v) is 6.32. The van der Waals surface area contributed by atoms with E-state index in [-0.39, 0.29) is 28.1 Å². The summed E-state index contributed by atoms with van der Waals surface area (Å²) in [6.45, 7) is -1.20. The van der Waals surface area contributed by atoms with Gasteiger partial charge in [-0.25, -0.2) is 8.42 Å². The molecular formula is C15H22Cl2F2N2O3S. The molecule has 0 bridgehead atoms. The van der Waals surface area contributed by atoms with Gasteiger partial charge < -0.3 is 10.1 Å². The fraction of sp³-hybridized carbons (Fsp3) is 0.600. The zero-order valence-corrected chi connectivity index (χ0v) is 16.1. The van der Waals surface area contributed by atoms with E-state index in [0.717, 1.165) is 37.9 Å². The van der Waals surface area contributed by atoms with Crippen molar-refractivity contribution in [2.75, 3.05) is 26.7 Å². The van der Waals surface area contributed by atoms with E-state index in [0.29, 0.717) is 19.0 Å². The van der Waals surface area contributed by atoms with Gasteiger partial charge in [-0.1, -0.05) is 11.6 Å². The average molecular weight is 419 g/mol. The number of nitrogens with one attached hydrogen (secondary N) is 1. The van der Waals surface area contributed by atoms with E-state index in [1.807, 2.05) is 7.05 Å². The zero-order valence-electron chi connectivity index (χ0n) is 13.8. The van der Waals surface area contributed by atoms with Gasteiger partial charge in [0, 0.05) is 13.1 Å². The minimum Gasteiger partial charge on any atom is -0.433 e. The van der Waals surface area contributed by atoms with Crippen LogP contribution in [0.4, 0.5) is 8.78 Å². The van der Waals surface area contributed by atoms with Crippen molar-refractivity contribution in [3.05, 3.63) is 23.2 Å². The Balaban J connectivity index is 0.00000312. The number of ether oxygens (including phenoxy) is 1. The third-order valence-electron chi connectivity index (χ3n) is 4.13. The SMILES string of the molecule is CNCCC1CCN(S(=O)(=O)c2ccc(OC(F)F)c(Cl)c2)CC1.Cl. The molecule has 0 spiro atoms. The van der Waals surface area contributed by atoms with Crippen LogP contribution < -0.4 is 10.1 Å². The smallest absolute Gasteiger partial charge is 0.387 e. The van der Waals surface area contributed by atoms with E-state index in [4.69, 9.17) is 11.6 Å². The minimum atomic E-state index is -3.68. The maximum Gasteiger partial charge on any atom is 0.387 e. The van der Waals surface area contributed by atoms with Gasteiger partial charge in [-0.3, -0.25) is 0 Å². The van der Waals surface area contributed by atoms with Gasteiger partial charge in [-0.2, -0.15) is 13.1 Å². The molecule has 1 aliphatic heterocycles. The topological polar surface area (TPSA) is 58.6 Å². The van der Waals surface area contributed by atoms with Crippen molar-refractivity contribution in [2.24, 2.45) is 5.92 Å². The molecule has 1 saturated heterocycles. The highest BCUT2D eigenvalue weighted by Crippen LogP contribution is 2.31. The standard InChI is InChI=1S/C15H21ClF2N2O3S.ClH/c1-19-7-4-11-5-8-20(9-6-11)24(21,22)12-2-3-14(13(16)10-12)23-15(17)18;/h2-3,10-11,15,19H,4-9H2,1H3;1H. The quantitative estimate of drug-likeness (QED) is 0.737. The first-order chi connectivity index (χ1) is 11.3. The van der Waals surface area contributed by atoms with E-state index < -0.39 is 16.6 Å². The average Bonchev–Trinajstić information content (AvgIpc) is 2.54. The van der Waals surface area contributed by atoms with Gasteiger partial charge in [-0.15, -0.1) is 12.4 Å². The number of halogens is 4. The molecule has 1 aromatic carbocycles. The van der Waals surface area contributed by atoms with Gasteiger partial charge in [0.1, 0.15) is 5.75 Å². The number of alkyl halides is 2. The first-order valence-electron chi connectivity index (χ1n) is 7.73. The Hall–Kier alpha value is -0.670. The molecule has 0 saturated carbocycles. The van der Waals surface area contributed by atoms with E-state index in [1.54, 1.807) is 0 Å². The fourth-order valence-electron chi connectivity index (χ4n) is 2.77. The molecule has 1 aliphatic rings. The van der Waals surface area contributed by atoms with Crippen molar-refractivity contribution in [1.29, 1.82) is 0 Å². The predicted octanol–water partition coefficient (Wildman–Crippen LogP) is 3.37. The summed E-state index contributed by atoms with van der Waals surface area (Å²) in [5, 5.41) is 2.94. The third kappa shape index (κ3) is 5.92. The molecule has 0 radical (unpaired) electrons. The van der Waals surface area contributed by atoms with Gasteiger partial charge in [-0.05, 0) is 57.0 Å². The van der Waals surface area contributed by atoms with Crippen LogP contribution in [0.15, 0.2) is 23.1 Å². The molecule has 0 atom stereocenters. The monoisotopic (exact) mass is 418 g/mol. The molecular weight excluding hydrogens is 397 g/mol. The molecule has 1 aromatic rings. The zero-order chi connectivity index (χ0) is 17.7. The lowest BCUT2D eigenvalue weighted by Gasteiger charge is -2.31. The number of benzene rings is 1. The second kappa shape index (κ2) is 9.87. The molecule has 0 aromatic heterocycles. The van der Waals surface area contributed by atoms with E-state index in [2.05, 4.69) is 10.1 Å². The number of sulfonamides is 1. The first kappa shape index (κ1) is 22.4. The number of piperidine rings is 1. The second-order valence-corrected chi connectivity index (χ2v) is 8.06. The van der Waals surface area contributed by atoms with Crippen LogP contribution in [0.25, 0.3) is 0 Å². The highest BCUT2D eigenvalue weighted by atomic mass is 35.5. The van der Waals surface area contributed by atoms with Crippen LogP contribution in [0.3, 0.4) is 0 Å². The van der Waals surface area contributed by atoms with Gasteiger partial charge in [0.2, 0.25) is 10.0 Å². The lowest BCUT2D eigenvalue weighted by Crippen LogP contribution is -2.38. The molecule has 0 aliphatic carbocycles. The van der Waals surface area contributed by atoms with Crippen molar-refractivity contribution in [2.45, 2.75) is 30.8 Å². The van der Waals surface area contributed by atoms with Crippen LogP contribution in [-0.2, 0) is 10.0 Å². The van der Waals surface area contributed by atoms with E-state index >= 15 is 0 Å². The van der Waals surface area contributed by atoms with Gasteiger partial charge >= 0.3 is 6.61 Å². The van der Waals surface area contributed by atoms with Crippen molar-refractivity contribution in [1.82, 2.24) is 9.62 Å². The van der Waals surface area contributed by atoms with Crippen LogP contribution in [0, 0.1) is 5.92 Å². The summed E-state index contributed by atoms with van der Waals surface area (Å²) >= 11 is 5.85. The first-order valence-corrected chi connectivity index (χ1v) is 9.55. The van der Waals surface area contributed by atoms with Crippen molar-refractivity contribution < 1.29 is 21.9 Å².